The van der Waals surface area contributed by atoms with Crippen LogP contribution in [0.25, 0.3) is 16.8 Å². The quantitative estimate of drug-likeness (QED) is 0.482. The predicted molar refractivity (Wildman–Crippen MR) is 116 cm³/mol. The number of benzene rings is 2. The molecule has 0 amide bonds. The van der Waals surface area contributed by atoms with Crippen molar-refractivity contribution in [2.75, 3.05) is 18.5 Å². The SMILES string of the molecule is Cl/C(=C\c1ccccc1)c1nc2ccccn2c1Nc1ccc2c(c1)OCCO2. The van der Waals surface area contributed by atoms with Gasteiger partial charge in [0.2, 0.25) is 0 Å². The smallest absolute Gasteiger partial charge is 0.163 e. The molecule has 2 aromatic heterocycles. The molecule has 0 unspecified atom stereocenters. The lowest BCUT2D eigenvalue weighted by Crippen LogP contribution is -2.15. The molecule has 4 aromatic rings. The molecule has 0 atom stereocenters. The monoisotopic (exact) mass is 403 g/mol. The van der Waals surface area contributed by atoms with Gasteiger partial charge in [0.05, 0.1) is 5.03 Å². The summed E-state index contributed by atoms with van der Waals surface area (Å²) in [6.07, 6.45) is 3.87. The average molecular weight is 404 g/mol. The van der Waals surface area contributed by atoms with Crippen LogP contribution in [0.5, 0.6) is 11.5 Å². The Kier molecular flexibility index (Phi) is 4.58. The summed E-state index contributed by atoms with van der Waals surface area (Å²) >= 11 is 6.70. The van der Waals surface area contributed by atoms with E-state index in [1.54, 1.807) is 0 Å². The summed E-state index contributed by atoms with van der Waals surface area (Å²) in [5, 5.41) is 4.01. The average Bonchev–Trinajstić information content (AvgIpc) is 3.13. The van der Waals surface area contributed by atoms with E-state index in [1.807, 2.05) is 83.4 Å². The second-order valence-corrected chi connectivity index (χ2v) is 7.03. The van der Waals surface area contributed by atoms with Crippen molar-refractivity contribution in [1.82, 2.24) is 9.38 Å². The first-order valence-electron chi connectivity index (χ1n) is 9.34. The summed E-state index contributed by atoms with van der Waals surface area (Å²) in [4.78, 5) is 4.74. The zero-order valence-electron chi connectivity index (χ0n) is 15.5. The van der Waals surface area contributed by atoms with Gasteiger partial charge in [-0.2, -0.15) is 0 Å². The third kappa shape index (κ3) is 3.52. The normalized spacial score (nSPS) is 13.5. The summed E-state index contributed by atoms with van der Waals surface area (Å²) < 4.78 is 13.3. The molecule has 29 heavy (non-hydrogen) atoms. The molecular formula is C23H18ClN3O2. The van der Waals surface area contributed by atoms with Crippen molar-refractivity contribution >= 4 is 39.9 Å². The number of imidazole rings is 1. The van der Waals surface area contributed by atoms with E-state index >= 15 is 0 Å². The number of anilines is 2. The highest BCUT2D eigenvalue weighted by molar-refractivity contribution is 6.51. The fourth-order valence-corrected chi connectivity index (χ4v) is 3.56. The Morgan fingerprint density at radius 1 is 0.966 bits per heavy atom. The van der Waals surface area contributed by atoms with Crippen LogP contribution in [0.3, 0.4) is 0 Å². The van der Waals surface area contributed by atoms with Crippen LogP contribution in [0.4, 0.5) is 11.5 Å². The standard InChI is InChI=1S/C23H18ClN3O2/c24-18(14-16-6-2-1-3-7-16)22-23(27-11-5-4-8-21(27)26-22)25-17-9-10-19-20(15-17)29-13-12-28-19/h1-11,14-15,25H,12-13H2/b18-14-. The Labute approximate surface area is 173 Å². The van der Waals surface area contributed by atoms with E-state index in [-0.39, 0.29) is 0 Å². The molecule has 2 aromatic carbocycles. The minimum Gasteiger partial charge on any atom is -0.486 e. The zero-order valence-corrected chi connectivity index (χ0v) is 16.3. The molecule has 6 heteroatoms. The molecule has 0 aliphatic carbocycles. The minimum atomic E-state index is 0.545. The Morgan fingerprint density at radius 3 is 2.62 bits per heavy atom. The number of fused-ring (bicyclic) bond motifs is 2. The Bertz CT molecular complexity index is 1200. The molecule has 1 aliphatic heterocycles. The number of halogens is 1. The molecule has 0 bridgehead atoms. The molecule has 3 heterocycles. The fourth-order valence-electron chi connectivity index (χ4n) is 3.30. The zero-order chi connectivity index (χ0) is 19.6. The first-order valence-corrected chi connectivity index (χ1v) is 9.72. The lowest BCUT2D eigenvalue weighted by atomic mass is 10.2. The van der Waals surface area contributed by atoms with Gasteiger partial charge in [0.15, 0.2) is 11.5 Å². The number of hydrogen-bond acceptors (Lipinski definition) is 4. The van der Waals surface area contributed by atoms with Gasteiger partial charge in [-0.1, -0.05) is 48.0 Å². The van der Waals surface area contributed by atoms with Gasteiger partial charge in [0.1, 0.15) is 30.4 Å². The van der Waals surface area contributed by atoms with Gasteiger partial charge in [-0.25, -0.2) is 4.98 Å². The first-order chi connectivity index (χ1) is 14.3. The van der Waals surface area contributed by atoms with E-state index in [4.69, 9.17) is 26.1 Å². The van der Waals surface area contributed by atoms with Crippen LogP contribution in [0.2, 0.25) is 0 Å². The molecule has 144 valence electrons. The van der Waals surface area contributed by atoms with Crippen LogP contribution >= 0.6 is 11.6 Å². The van der Waals surface area contributed by atoms with E-state index in [0.29, 0.717) is 23.9 Å². The molecule has 5 nitrogen and oxygen atoms in total. The van der Waals surface area contributed by atoms with Crippen LogP contribution in [0.15, 0.2) is 72.9 Å². The van der Waals surface area contributed by atoms with Crippen LogP contribution in [0.1, 0.15) is 11.3 Å². The maximum Gasteiger partial charge on any atom is 0.163 e. The summed E-state index contributed by atoms with van der Waals surface area (Å²) in [5.41, 5.74) is 3.36. The van der Waals surface area contributed by atoms with E-state index in [9.17, 15) is 0 Å². The number of aromatic nitrogens is 2. The molecule has 0 radical (unpaired) electrons. The number of rotatable bonds is 4. The van der Waals surface area contributed by atoms with Gasteiger partial charge in [-0.3, -0.25) is 4.40 Å². The van der Waals surface area contributed by atoms with Crippen molar-refractivity contribution in [3.05, 3.63) is 84.2 Å². The number of nitrogens with one attached hydrogen (secondary N) is 1. The highest BCUT2D eigenvalue weighted by Gasteiger charge is 2.17. The molecule has 5 rings (SSSR count). The number of pyridine rings is 1. The predicted octanol–water partition coefficient (Wildman–Crippen LogP) is 5.59. The summed E-state index contributed by atoms with van der Waals surface area (Å²) in [6, 6.07) is 21.6. The van der Waals surface area contributed by atoms with E-state index < -0.39 is 0 Å². The maximum atomic E-state index is 6.70. The summed E-state index contributed by atoms with van der Waals surface area (Å²) in [5.74, 6) is 2.26. The third-order valence-electron chi connectivity index (χ3n) is 4.65. The molecule has 0 saturated carbocycles. The first kappa shape index (κ1) is 17.6. The van der Waals surface area contributed by atoms with Crippen molar-refractivity contribution in [2.24, 2.45) is 0 Å². The van der Waals surface area contributed by atoms with Crippen molar-refractivity contribution in [3.8, 4) is 11.5 Å². The van der Waals surface area contributed by atoms with Crippen LogP contribution in [-0.4, -0.2) is 22.6 Å². The van der Waals surface area contributed by atoms with E-state index in [1.165, 1.54) is 0 Å². The van der Waals surface area contributed by atoms with Crippen molar-refractivity contribution in [2.45, 2.75) is 0 Å². The van der Waals surface area contributed by atoms with Crippen molar-refractivity contribution < 1.29 is 9.47 Å². The van der Waals surface area contributed by atoms with E-state index in [2.05, 4.69) is 5.32 Å². The Hall–Kier alpha value is -3.44. The Morgan fingerprint density at radius 2 is 1.76 bits per heavy atom. The van der Waals surface area contributed by atoms with Gasteiger partial charge in [0.25, 0.3) is 0 Å². The summed E-state index contributed by atoms with van der Waals surface area (Å²) in [6.45, 7) is 1.11. The second kappa shape index (κ2) is 7.53. The fraction of sp³-hybridized carbons (Fsp3) is 0.0870. The minimum absolute atomic E-state index is 0.545. The number of ether oxygens (including phenoxy) is 2. The molecule has 0 spiro atoms. The molecule has 1 N–H and O–H groups in total. The van der Waals surface area contributed by atoms with Crippen molar-refractivity contribution in [1.29, 1.82) is 0 Å². The topological polar surface area (TPSA) is 47.8 Å². The highest BCUT2D eigenvalue weighted by Crippen LogP contribution is 2.36. The van der Waals surface area contributed by atoms with Crippen LogP contribution in [0, 0.1) is 0 Å². The van der Waals surface area contributed by atoms with Gasteiger partial charge >= 0.3 is 0 Å². The molecule has 1 aliphatic rings. The highest BCUT2D eigenvalue weighted by atomic mass is 35.5. The number of hydrogen-bond donors (Lipinski definition) is 1. The van der Waals surface area contributed by atoms with Crippen molar-refractivity contribution in [3.63, 3.8) is 0 Å². The lowest BCUT2D eigenvalue weighted by molar-refractivity contribution is 0.171. The third-order valence-corrected chi connectivity index (χ3v) is 4.94. The second-order valence-electron chi connectivity index (χ2n) is 6.62. The molecular weight excluding hydrogens is 386 g/mol. The van der Waals surface area contributed by atoms with Gasteiger partial charge in [-0.15, -0.1) is 0 Å². The molecule has 0 saturated heterocycles. The van der Waals surface area contributed by atoms with Gasteiger partial charge < -0.3 is 14.8 Å². The van der Waals surface area contributed by atoms with Crippen LogP contribution in [-0.2, 0) is 0 Å². The van der Waals surface area contributed by atoms with E-state index in [0.717, 1.165) is 34.2 Å². The maximum absolute atomic E-state index is 6.70. The lowest BCUT2D eigenvalue weighted by Gasteiger charge is -2.19. The molecule has 0 fully saturated rings. The summed E-state index contributed by atoms with van der Waals surface area (Å²) in [7, 11) is 0. The Balaban J connectivity index is 1.57. The van der Waals surface area contributed by atoms with Gasteiger partial charge in [-0.05, 0) is 35.9 Å². The van der Waals surface area contributed by atoms with Crippen LogP contribution < -0.4 is 14.8 Å². The number of nitrogens with zero attached hydrogens (tertiary/aromatic N) is 2. The van der Waals surface area contributed by atoms with Gasteiger partial charge in [0, 0.05) is 18.0 Å². The largest absolute Gasteiger partial charge is 0.486 e.